The van der Waals surface area contributed by atoms with Crippen LogP contribution in [-0.2, 0) is 4.79 Å². The van der Waals surface area contributed by atoms with Crippen LogP contribution in [0, 0.1) is 0 Å². The second-order valence-electron chi connectivity index (χ2n) is 6.19. The van der Waals surface area contributed by atoms with E-state index in [4.69, 9.17) is 11.6 Å². The van der Waals surface area contributed by atoms with Gasteiger partial charge >= 0.3 is 0 Å². The molecular formula is C21H20ClN3O2S. The maximum atomic E-state index is 12.8. The molecule has 144 valence electrons. The van der Waals surface area contributed by atoms with Crippen molar-refractivity contribution in [1.82, 2.24) is 10.3 Å². The third-order valence-corrected chi connectivity index (χ3v) is 5.20. The van der Waals surface area contributed by atoms with Gasteiger partial charge in [-0.2, -0.15) is 11.8 Å². The number of fused-ring (bicyclic) bond motifs is 1. The summed E-state index contributed by atoms with van der Waals surface area (Å²) in [6.45, 7) is 0. The Balaban J connectivity index is 1.75. The lowest BCUT2D eigenvalue weighted by molar-refractivity contribution is -0.118. The largest absolute Gasteiger partial charge is 0.340 e. The van der Waals surface area contributed by atoms with Gasteiger partial charge in [-0.3, -0.25) is 14.6 Å². The first kappa shape index (κ1) is 20.2. The van der Waals surface area contributed by atoms with Gasteiger partial charge < -0.3 is 10.6 Å². The molecule has 2 N–H and O–H groups in total. The van der Waals surface area contributed by atoms with E-state index in [0.29, 0.717) is 22.7 Å². The summed E-state index contributed by atoms with van der Waals surface area (Å²) in [6.07, 6.45) is 4.20. The van der Waals surface area contributed by atoms with E-state index in [1.54, 1.807) is 48.3 Å². The van der Waals surface area contributed by atoms with Crippen LogP contribution in [0.1, 0.15) is 16.8 Å². The fourth-order valence-corrected chi connectivity index (χ4v) is 3.46. The average molecular weight is 414 g/mol. The number of thioether (sulfide) groups is 1. The van der Waals surface area contributed by atoms with Crippen LogP contribution in [0.15, 0.2) is 60.8 Å². The zero-order chi connectivity index (χ0) is 19.9. The summed E-state index contributed by atoms with van der Waals surface area (Å²) >= 11 is 7.72. The van der Waals surface area contributed by atoms with Gasteiger partial charge in [0.25, 0.3) is 5.91 Å². The SMILES string of the molecule is CSCCC(NC(=O)c1ccccc1Cl)C(=O)Nc1ccc2ncccc2c1. The van der Waals surface area contributed by atoms with Crippen LogP contribution in [0.5, 0.6) is 0 Å². The standard InChI is InChI=1S/C21H20ClN3O2S/c1-28-12-10-19(25-20(26)16-6-2-3-7-17(16)22)21(27)24-15-8-9-18-14(13-15)5-4-11-23-18/h2-9,11,13,19H,10,12H2,1H3,(H,24,27)(H,25,26). The molecule has 1 unspecified atom stereocenters. The van der Waals surface area contributed by atoms with Crippen LogP contribution in [0.3, 0.4) is 0 Å². The molecule has 0 aliphatic heterocycles. The van der Waals surface area contributed by atoms with Gasteiger partial charge in [-0.15, -0.1) is 0 Å². The molecule has 2 aromatic carbocycles. The van der Waals surface area contributed by atoms with E-state index in [0.717, 1.165) is 16.7 Å². The lowest BCUT2D eigenvalue weighted by Gasteiger charge is -2.19. The third-order valence-electron chi connectivity index (χ3n) is 4.22. The molecule has 1 atom stereocenters. The van der Waals surface area contributed by atoms with E-state index in [1.165, 1.54) is 0 Å². The minimum absolute atomic E-state index is 0.266. The number of hydrogen-bond acceptors (Lipinski definition) is 4. The van der Waals surface area contributed by atoms with Crippen molar-refractivity contribution in [3.63, 3.8) is 0 Å². The molecular weight excluding hydrogens is 394 g/mol. The summed E-state index contributed by atoms with van der Waals surface area (Å²) in [5.41, 5.74) is 1.86. The smallest absolute Gasteiger partial charge is 0.253 e. The maximum Gasteiger partial charge on any atom is 0.253 e. The number of nitrogens with zero attached hydrogens (tertiary/aromatic N) is 1. The van der Waals surface area contributed by atoms with Crippen molar-refractivity contribution >= 4 is 51.8 Å². The van der Waals surface area contributed by atoms with Crippen LogP contribution < -0.4 is 10.6 Å². The van der Waals surface area contributed by atoms with Crippen LogP contribution in [0.4, 0.5) is 5.69 Å². The van der Waals surface area contributed by atoms with E-state index in [9.17, 15) is 9.59 Å². The minimum Gasteiger partial charge on any atom is -0.340 e. The molecule has 0 fully saturated rings. The fourth-order valence-electron chi connectivity index (χ4n) is 2.77. The minimum atomic E-state index is -0.666. The van der Waals surface area contributed by atoms with Crippen molar-refractivity contribution in [3.05, 3.63) is 71.4 Å². The van der Waals surface area contributed by atoms with Gasteiger partial charge in [0.1, 0.15) is 6.04 Å². The number of amides is 2. The first-order chi connectivity index (χ1) is 13.6. The Kier molecular flexibility index (Phi) is 6.90. The molecule has 0 saturated heterocycles. The van der Waals surface area contributed by atoms with E-state index >= 15 is 0 Å². The van der Waals surface area contributed by atoms with Crippen molar-refractivity contribution in [2.75, 3.05) is 17.3 Å². The maximum absolute atomic E-state index is 12.8. The van der Waals surface area contributed by atoms with Crippen molar-refractivity contribution in [1.29, 1.82) is 0 Å². The molecule has 3 aromatic rings. The quantitative estimate of drug-likeness (QED) is 0.603. The fraction of sp³-hybridized carbons (Fsp3) is 0.190. The number of halogens is 1. The molecule has 28 heavy (non-hydrogen) atoms. The van der Waals surface area contributed by atoms with Gasteiger partial charge in [0, 0.05) is 17.3 Å². The molecule has 2 amide bonds. The molecule has 5 nitrogen and oxygen atoms in total. The molecule has 1 aromatic heterocycles. The van der Waals surface area contributed by atoms with Crippen LogP contribution in [0.25, 0.3) is 10.9 Å². The summed E-state index contributed by atoms with van der Waals surface area (Å²) in [5, 5.41) is 6.98. The van der Waals surface area contributed by atoms with Gasteiger partial charge in [-0.25, -0.2) is 0 Å². The molecule has 0 saturated carbocycles. The number of carbonyl (C=O) groups is 2. The summed E-state index contributed by atoms with van der Waals surface area (Å²) in [6, 6.07) is 15.4. The van der Waals surface area contributed by atoms with Gasteiger partial charge in [-0.05, 0) is 54.8 Å². The second kappa shape index (κ2) is 9.57. The Labute approximate surface area is 172 Å². The van der Waals surface area contributed by atoms with Gasteiger partial charge in [-0.1, -0.05) is 29.8 Å². The molecule has 7 heteroatoms. The second-order valence-corrected chi connectivity index (χ2v) is 7.58. The van der Waals surface area contributed by atoms with Crippen LogP contribution in [0.2, 0.25) is 5.02 Å². The molecule has 3 rings (SSSR count). The normalized spacial score (nSPS) is 11.8. The summed E-state index contributed by atoms with van der Waals surface area (Å²) in [5.74, 6) is 0.106. The van der Waals surface area contributed by atoms with Gasteiger partial charge in [0.05, 0.1) is 16.1 Å². The van der Waals surface area contributed by atoms with E-state index in [2.05, 4.69) is 15.6 Å². The highest BCUT2D eigenvalue weighted by Gasteiger charge is 2.22. The number of nitrogens with one attached hydrogen (secondary N) is 2. The molecule has 0 aliphatic rings. The van der Waals surface area contributed by atoms with Crippen molar-refractivity contribution in [2.45, 2.75) is 12.5 Å². The Hall–Kier alpha value is -2.57. The third kappa shape index (κ3) is 5.03. The van der Waals surface area contributed by atoms with Crippen molar-refractivity contribution in [3.8, 4) is 0 Å². The Bertz CT molecular complexity index is 996. The molecule has 0 bridgehead atoms. The Morgan fingerprint density at radius 3 is 2.75 bits per heavy atom. The monoisotopic (exact) mass is 413 g/mol. The number of aromatic nitrogens is 1. The number of rotatable bonds is 7. The highest BCUT2D eigenvalue weighted by atomic mass is 35.5. The summed E-state index contributed by atoms with van der Waals surface area (Å²) in [7, 11) is 0. The molecule has 0 spiro atoms. The van der Waals surface area contributed by atoms with Gasteiger partial charge in [0.15, 0.2) is 0 Å². The molecule has 0 aliphatic carbocycles. The number of pyridine rings is 1. The van der Waals surface area contributed by atoms with Crippen molar-refractivity contribution < 1.29 is 9.59 Å². The summed E-state index contributed by atoms with van der Waals surface area (Å²) in [4.78, 5) is 29.7. The summed E-state index contributed by atoms with van der Waals surface area (Å²) < 4.78 is 0. The van der Waals surface area contributed by atoms with E-state index in [1.807, 2.05) is 30.5 Å². The zero-order valence-electron chi connectivity index (χ0n) is 15.3. The number of benzene rings is 2. The molecule has 0 radical (unpaired) electrons. The first-order valence-corrected chi connectivity index (χ1v) is 10.6. The topological polar surface area (TPSA) is 71.1 Å². The number of carbonyl (C=O) groups excluding carboxylic acids is 2. The molecule has 1 heterocycles. The average Bonchev–Trinajstić information content (AvgIpc) is 2.71. The van der Waals surface area contributed by atoms with E-state index < -0.39 is 6.04 Å². The van der Waals surface area contributed by atoms with Crippen LogP contribution >= 0.6 is 23.4 Å². The predicted octanol–water partition coefficient (Wildman–Crippen LogP) is 4.38. The van der Waals surface area contributed by atoms with E-state index in [-0.39, 0.29) is 11.8 Å². The highest BCUT2D eigenvalue weighted by molar-refractivity contribution is 7.98. The number of hydrogen-bond donors (Lipinski definition) is 2. The highest BCUT2D eigenvalue weighted by Crippen LogP contribution is 2.18. The van der Waals surface area contributed by atoms with Crippen LogP contribution in [-0.4, -0.2) is 34.8 Å². The zero-order valence-corrected chi connectivity index (χ0v) is 16.9. The Morgan fingerprint density at radius 2 is 1.96 bits per heavy atom. The number of anilines is 1. The lowest BCUT2D eigenvalue weighted by Crippen LogP contribution is -2.44. The van der Waals surface area contributed by atoms with Crippen molar-refractivity contribution in [2.24, 2.45) is 0 Å². The lowest BCUT2D eigenvalue weighted by atomic mass is 10.1. The predicted molar refractivity (Wildman–Crippen MR) is 116 cm³/mol. The Morgan fingerprint density at radius 1 is 1.14 bits per heavy atom. The van der Waals surface area contributed by atoms with Gasteiger partial charge in [0.2, 0.25) is 5.91 Å². The first-order valence-electron chi connectivity index (χ1n) is 8.78.